The minimum atomic E-state index is -3.66. The van der Waals surface area contributed by atoms with Gasteiger partial charge in [-0.25, -0.2) is 10.1 Å². The zero-order valence-corrected chi connectivity index (χ0v) is 22.1. The van der Waals surface area contributed by atoms with Crippen molar-refractivity contribution in [3.8, 4) is 0 Å². The first-order chi connectivity index (χ1) is 17.6. The van der Waals surface area contributed by atoms with Crippen molar-refractivity contribution < 1.29 is 18.0 Å². The number of pyridine rings is 1. The number of fused-ring (bicyclic) bond motifs is 1. The van der Waals surface area contributed by atoms with E-state index in [0.717, 1.165) is 48.3 Å². The highest BCUT2D eigenvalue weighted by atomic mass is 32.2. The van der Waals surface area contributed by atoms with Crippen LogP contribution in [0.4, 0.5) is 22.9 Å². The lowest BCUT2D eigenvalue weighted by Crippen LogP contribution is -2.50. The third kappa shape index (κ3) is 5.07. The maximum absolute atomic E-state index is 13.5. The largest absolute Gasteiger partial charge is 0.368 e. The smallest absolute Gasteiger partial charge is 0.277 e. The van der Waals surface area contributed by atoms with E-state index in [2.05, 4.69) is 15.2 Å². The summed E-state index contributed by atoms with van der Waals surface area (Å²) < 4.78 is 24.4. The monoisotopic (exact) mass is 526 g/mol. The first-order valence-electron chi connectivity index (χ1n) is 12.9. The molecule has 1 saturated heterocycles. The molecule has 198 valence electrons. The Morgan fingerprint density at radius 3 is 2.38 bits per heavy atom. The Morgan fingerprint density at radius 1 is 1.08 bits per heavy atom. The molecule has 1 aliphatic carbocycles. The van der Waals surface area contributed by atoms with Crippen molar-refractivity contribution >= 4 is 44.8 Å². The molecule has 0 radical (unpaired) electrons. The van der Waals surface area contributed by atoms with Gasteiger partial charge in [-0.3, -0.25) is 9.59 Å². The quantitative estimate of drug-likeness (QED) is 0.554. The van der Waals surface area contributed by atoms with Crippen molar-refractivity contribution in [1.29, 1.82) is 0 Å². The number of rotatable bonds is 6. The number of carbonyl (C=O) groups excluding carboxylic acids is 2. The molecule has 1 aromatic heterocycles. The van der Waals surface area contributed by atoms with E-state index >= 15 is 0 Å². The predicted octanol–water partition coefficient (Wildman–Crippen LogP) is 2.75. The van der Waals surface area contributed by atoms with E-state index in [1.807, 2.05) is 42.2 Å². The van der Waals surface area contributed by atoms with Crippen molar-refractivity contribution in [1.82, 2.24) is 9.29 Å². The van der Waals surface area contributed by atoms with Gasteiger partial charge in [0, 0.05) is 49.5 Å². The Labute approximate surface area is 218 Å². The average molecular weight is 527 g/mol. The number of piperazine rings is 1. The number of nitrogens with one attached hydrogen (secondary N) is 1. The third-order valence-corrected chi connectivity index (χ3v) is 8.98. The van der Waals surface area contributed by atoms with Gasteiger partial charge >= 0.3 is 0 Å². The molecule has 1 saturated carbocycles. The first kappa shape index (κ1) is 25.6. The second kappa shape index (κ2) is 10.0. The van der Waals surface area contributed by atoms with Crippen molar-refractivity contribution in [2.75, 3.05) is 41.3 Å². The second-order valence-electron chi connectivity index (χ2n) is 10.3. The fourth-order valence-corrected chi connectivity index (χ4v) is 6.61. The van der Waals surface area contributed by atoms with E-state index in [-0.39, 0.29) is 23.7 Å². The first-order valence-corrected chi connectivity index (χ1v) is 14.4. The summed E-state index contributed by atoms with van der Waals surface area (Å²) in [4.78, 5) is 34.4. The number of amides is 1. The van der Waals surface area contributed by atoms with Gasteiger partial charge in [-0.15, -0.1) is 0 Å². The second-order valence-corrected chi connectivity index (χ2v) is 11.8. The molecule has 2 atom stereocenters. The number of benzene rings is 1. The predicted molar refractivity (Wildman–Crippen MR) is 143 cm³/mol. The van der Waals surface area contributed by atoms with E-state index in [0.29, 0.717) is 32.0 Å². The summed E-state index contributed by atoms with van der Waals surface area (Å²) in [6.45, 7) is 5.24. The average Bonchev–Trinajstić information content (AvgIpc) is 3.38. The molecule has 2 unspecified atom stereocenters. The van der Waals surface area contributed by atoms with Gasteiger partial charge in [0.05, 0.1) is 11.9 Å². The number of anilines is 4. The molecule has 1 aromatic carbocycles. The fourth-order valence-electron chi connectivity index (χ4n) is 5.94. The summed E-state index contributed by atoms with van der Waals surface area (Å²) in [5.74, 6) is -0.298. The third-order valence-electron chi connectivity index (χ3n) is 7.90. The zero-order valence-electron chi connectivity index (χ0n) is 21.3. The van der Waals surface area contributed by atoms with Gasteiger partial charge in [0.1, 0.15) is 17.5 Å². The highest BCUT2D eigenvalue weighted by Crippen LogP contribution is 2.44. The molecule has 2 aliphatic heterocycles. The van der Waals surface area contributed by atoms with Crippen LogP contribution in [0.1, 0.15) is 51.0 Å². The SMILES string of the molecule is CC(=O)C1C(=O)N(C2CCCC2)c2cc(Nc3ccc(N4CCN(S(N)(=O)=O)CC4)cn3)ccc2C1C. The zero-order chi connectivity index (χ0) is 26.3. The van der Waals surface area contributed by atoms with E-state index in [1.54, 1.807) is 6.20 Å². The van der Waals surface area contributed by atoms with Gasteiger partial charge in [-0.1, -0.05) is 25.8 Å². The number of hydrogen-bond acceptors (Lipinski definition) is 7. The highest BCUT2D eigenvalue weighted by molar-refractivity contribution is 7.86. The molecular formula is C26H34N6O4S. The van der Waals surface area contributed by atoms with Crippen LogP contribution in [0.25, 0.3) is 0 Å². The highest BCUT2D eigenvalue weighted by Gasteiger charge is 2.43. The molecular weight excluding hydrogens is 492 g/mol. The van der Waals surface area contributed by atoms with Crippen LogP contribution in [0.15, 0.2) is 36.5 Å². The number of ketones is 1. The van der Waals surface area contributed by atoms with Gasteiger partial charge in [0.2, 0.25) is 5.91 Å². The molecule has 0 bridgehead atoms. The van der Waals surface area contributed by atoms with Gasteiger partial charge < -0.3 is 15.1 Å². The van der Waals surface area contributed by atoms with Gasteiger partial charge in [-0.05, 0) is 49.6 Å². The van der Waals surface area contributed by atoms with E-state index in [4.69, 9.17) is 5.14 Å². The van der Waals surface area contributed by atoms with E-state index in [9.17, 15) is 18.0 Å². The number of nitrogens with two attached hydrogens (primary N) is 1. The molecule has 2 fully saturated rings. The summed E-state index contributed by atoms with van der Waals surface area (Å²) in [6.07, 6.45) is 5.86. The van der Waals surface area contributed by atoms with Crippen molar-refractivity contribution in [2.24, 2.45) is 11.1 Å². The van der Waals surface area contributed by atoms with Crippen LogP contribution in [-0.2, 0) is 19.8 Å². The number of nitrogens with zero attached hydrogens (tertiary/aromatic N) is 4. The lowest BCUT2D eigenvalue weighted by molar-refractivity contribution is -0.132. The standard InChI is InChI=1S/C26H34N6O4S/c1-17-22-9-7-19(15-23(22)32(20-5-3-4-6-20)26(34)25(17)18(2)33)29-24-10-8-21(16-28-24)30-11-13-31(14-12-30)37(27,35)36/h7-10,15-17,20,25H,3-6,11-14H2,1-2H3,(H,28,29)(H2,27,35,36). The van der Waals surface area contributed by atoms with Crippen LogP contribution < -0.4 is 20.3 Å². The molecule has 3 aliphatic rings. The summed E-state index contributed by atoms with van der Waals surface area (Å²) >= 11 is 0. The normalized spacial score (nSPS) is 23.3. The van der Waals surface area contributed by atoms with Gasteiger partial charge in [-0.2, -0.15) is 12.7 Å². The van der Waals surface area contributed by atoms with Crippen LogP contribution in [0.2, 0.25) is 0 Å². The van der Waals surface area contributed by atoms with Gasteiger partial charge in [0.15, 0.2) is 0 Å². The molecule has 5 rings (SSSR count). The number of carbonyl (C=O) groups is 2. The minimum Gasteiger partial charge on any atom is -0.368 e. The molecule has 11 heteroatoms. The molecule has 1 amide bonds. The number of hydrogen-bond donors (Lipinski definition) is 2. The summed E-state index contributed by atoms with van der Waals surface area (Å²) in [7, 11) is -3.66. The van der Waals surface area contributed by atoms with Crippen molar-refractivity contribution in [3.63, 3.8) is 0 Å². The number of aromatic nitrogens is 1. The minimum absolute atomic E-state index is 0.0799. The van der Waals surface area contributed by atoms with Crippen LogP contribution >= 0.6 is 0 Å². The summed E-state index contributed by atoms with van der Waals surface area (Å²) in [6, 6.07) is 9.95. The van der Waals surface area contributed by atoms with E-state index < -0.39 is 16.1 Å². The maximum atomic E-state index is 13.5. The Bertz CT molecular complexity index is 1280. The Kier molecular flexibility index (Phi) is 6.95. The Balaban J connectivity index is 1.34. The molecule has 10 nitrogen and oxygen atoms in total. The van der Waals surface area contributed by atoms with Crippen molar-refractivity contribution in [3.05, 3.63) is 42.1 Å². The Morgan fingerprint density at radius 2 is 1.78 bits per heavy atom. The Hall–Kier alpha value is -3.02. The maximum Gasteiger partial charge on any atom is 0.277 e. The lowest BCUT2D eigenvalue weighted by atomic mass is 9.79. The van der Waals surface area contributed by atoms with E-state index in [1.165, 1.54) is 11.2 Å². The lowest BCUT2D eigenvalue weighted by Gasteiger charge is -2.40. The summed E-state index contributed by atoms with van der Waals surface area (Å²) in [5.41, 5.74) is 3.65. The van der Waals surface area contributed by atoms with Crippen LogP contribution in [0, 0.1) is 5.92 Å². The molecule has 2 aromatic rings. The molecule has 37 heavy (non-hydrogen) atoms. The molecule has 3 N–H and O–H groups in total. The number of Topliss-reactive ketones (excluding diaryl/α,β-unsaturated/α-hetero) is 1. The van der Waals surface area contributed by atoms with Crippen LogP contribution in [-0.4, -0.2) is 61.6 Å². The van der Waals surface area contributed by atoms with Crippen molar-refractivity contribution in [2.45, 2.75) is 51.5 Å². The van der Waals surface area contributed by atoms with Gasteiger partial charge in [0.25, 0.3) is 10.2 Å². The molecule has 3 heterocycles. The van der Waals surface area contributed by atoms with Crippen LogP contribution in [0.5, 0.6) is 0 Å². The van der Waals surface area contributed by atoms with Crippen LogP contribution in [0.3, 0.4) is 0 Å². The summed E-state index contributed by atoms with van der Waals surface area (Å²) in [5, 5.41) is 8.58. The topological polar surface area (TPSA) is 129 Å². The fraction of sp³-hybridized carbons (Fsp3) is 0.500. The molecule has 0 spiro atoms.